The molecule has 0 fully saturated rings. The number of anilines is 2. The Kier molecular flexibility index (Phi) is 9.63. The van der Waals surface area contributed by atoms with Crippen molar-refractivity contribution in [2.75, 3.05) is 30.1 Å². The van der Waals surface area contributed by atoms with Crippen LogP contribution in [0.5, 0.6) is 0 Å². The van der Waals surface area contributed by atoms with Crippen molar-refractivity contribution in [3.05, 3.63) is 77.4 Å². The zero-order valence-corrected chi connectivity index (χ0v) is 23.0. The standard InChI is InChI=1S/C28H34FN5O2S/c1-18(2)26(27(36)32-22-11-13-23(14-12-22)33(5)6)34(16-21-9-7-8-10-24(21)29)25(35)17-37-28-30-19(3)15-20(4)31-28/h7-15,18,26H,16-17H2,1-6H3,(H,32,36). The molecule has 196 valence electrons. The van der Waals surface area contributed by atoms with Gasteiger partial charge in [-0.25, -0.2) is 14.4 Å². The fourth-order valence-electron chi connectivity index (χ4n) is 3.98. The number of carbonyl (C=O) groups is 2. The molecule has 0 spiro atoms. The van der Waals surface area contributed by atoms with Crippen LogP contribution >= 0.6 is 11.8 Å². The van der Waals surface area contributed by atoms with Gasteiger partial charge in [0.15, 0.2) is 5.16 Å². The SMILES string of the molecule is Cc1cc(C)nc(SCC(=O)N(Cc2ccccc2F)C(C(=O)Nc2ccc(N(C)C)cc2)C(C)C)n1. The van der Waals surface area contributed by atoms with E-state index in [0.29, 0.717) is 16.4 Å². The van der Waals surface area contributed by atoms with Crippen LogP contribution in [-0.2, 0) is 16.1 Å². The number of aromatic nitrogens is 2. The molecule has 1 aromatic heterocycles. The smallest absolute Gasteiger partial charge is 0.247 e. The van der Waals surface area contributed by atoms with E-state index in [9.17, 15) is 14.0 Å². The molecule has 2 aromatic carbocycles. The van der Waals surface area contributed by atoms with Crippen LogP contribution in [0.3, 0.4) is 0 Å². The van der Waals surface area contributed by atoms with Gasteiger partial charge in [-0.15, -0.1) is 0 Å². The number of carbonyl (C=O) groups excluding carboxylic acids is 2. The second-order valence-corrected chi connectivity index (χ2v) is 10.4. The van der Waals surface area contributed by atoms with Gasteiger partial charge in [0.05, 0.1) is 5.75 Å². The molecule has 0 saturated heterocycles. The van der Waals surface area contributed by atoms with Crippen molar-refractivity contribution in [3.63, 3.8) is 0 Å². The van der Waals surface area contributed by atoms with Crippen LogP contribution in [0, 0.1) is 25.6 Å². The molecule has 0 aliphatic heterocycles. The third-order valence-corrected chi connectivity index (χ3v) is 6.62. The summed E-state index contributed by atoms with van der Waals surface area (Å²) in [4.78, 5) is 39.3. The second kappa shape index (κ2) is 12.7. The quantitative estimate of drug-likeness (QED) is 0.295. The van der Waals surface area contributed by atoms with Crippen LogP contribution in [0.25, 0.3) is 0 Å². The Morgan fingerprint density at radius 1 is 1.00 bits per heavy atom. The molecule has 37 heavy (non-hydrogen) atoms. The molecule has 0 aliphatic rings. The lowest BCUT2D eigenvalue weighted by Crippen LogP contribution is -2.50. The molecule has 0 aliphatic carbocycles. The summed E-state index contributed by atoms with van der Waals surface area (Å²) in [5.74, 6) is -1.25. The Balaban J connectivity index is 1.87. The highest BCUT2D eigenvalue weighted by atomic mass is 32.2. The van der Waals surface area contributed by atoms with E-state index in [4.69, 9.17) is 0 Å². The highest BCUT2D eigenvalue weighted by Crippen LogP contribution is 2.23. The topological polar surface area (TPSA) is 78.4 Å². The third kappa shape index (κ3) is 7.76. The van der Waals surface area contributed by atoms with E-state index in [1.54, 1.807) is 18.2 Å². The second-order valence-electron chi connectivity index (χ2n) is 9.45. The van der Waals surface area contributed by atoms with Gasteiger partial charge in [-0.05, 0) is 56.2 Å². The Hall–Kier alpha value is -3.46. The van der Waals surface area contributed by atoms with Gasteiger partial charge in [0, 0.05) is 49.0 Å². The predicted molar refractivity (Wildman–Crippen MR) is 147 cm³/mol. The van der Waals surface area contributed by atoms with E-state index < -0.39 is 11.9 Å². The van der Waals surface area contributed by atoms with Gasteiger partial charge in [-0.3, -0.25) is 9.59 Å². The fraction of sp³-hybridized carbons (Fsp3) is 0.357. The highest BCUT2D eigenvalue weighted by molar-refractivity contribution is 7.99. The van der Waals surface area contributed by atoms with E-state index in [2.05, 4.69) is 15.3 Å². The van der Waals surface area contributed by atoms with Gasteiger partial charge in [0.25, 0.3) is 0 Å². The number of nitrogens with one attached hydrogen (secondary N) is 1. The number of aryl methyl sites for hydroxylation is 2. The molecule has 1 atom stereocenters. The molecule has 9 heteroatoms. The normalized spacial score (nSPS) is 11.8. The Labute approximate surface area is 222 Å². The van der Waals surface area contributed by atoms with Gasteiger partial charge < -0.3 is 15.1 Å². The first kappa shape index (κ1) is 28.1. The minimum absolute atomic E-state index is 0.0192. The summed E-state index contributed by atoms with van der Waals surface area (Å²) in [6, 6.07) is 14.8. The number of rotatable bonds is 10. The maximum absolute atomic E-state index is 14.6. The number of nitrogens with zero attached hydrogens (tertiary/aromatic N) is 4. The average Bonchev–Trinajstić information content (AvgIpc) is 2.83. The lowest BCUT2D eigenvalue weighted by molar-refractivity contribution is -0.138. The summed E-state index contributed by atoms with van der Waals surface area (Å²) >= 11 is 1.21. The van der Waals surface area contributed by atoms with Crippen LogP contribution in [0.1, 0.15) is 30.8 Å². The summed E-state index contributed by atoms with van der Waals surface area (Å²) in [6.07, 6.45) is 0. The molecule has 0 bridgehead atoms. The van der Waals surface area contributed by atoms with Crippen molar-refractivity contribution in [2.45, 2.75) is 45.4 Å². The van der Waals surface area contributed by atoms with Crippen LogP contribution in [0.4, 0.5) is 15.8 Å². The largest absolute Gasteiger partial charge is 0.378 e. The Bertz CT molecular complexity index is 1210. The van der Waals surface area contributed by atoms with E-state index in [1.165, 1.54) is 22.7 Å². The van der Waals surface area contributed by atoms with Crippen molar-refractivity contribution in [1.29, 1.82) is 0 Å². The first-order valence-electron chi connectivity index (χ1n) is 12.1. The lowest BCUT2D eigenvalue weighted by atomic mass is 10.00. The number of halogens is 1. The van der Waals surface area contributed by atoms with Crippen molar-refractivity contribution < 1.29 is 14.0 Å². The minimum atomic E-state index is -0.818. The van der Waals surface area contributed by atoms with Crippen molar-refractivity contribution in [1.82, 2.24) is 14.9 Å². The Morgan fingerprint density at radius 2 is 1.62 bits per heavy atom. The number of benzene rings is 2. The average molecular weight is 524 g/mol. The molecule has 0 saturated carbocycles. The minimum Gasteiger partial charge on any atom is -0.378 e. The van der Waals surface area contributed by atoms with Gasteiger partial charge >= 0.3 is 0 Å². The van der Waals surface area contributed by atoms with Crippen LogP contribution in [0.15, 0.2) is 59.8 Å². The summed E-state index contributed by atoms with van der Waals surface area (Å²) in [5.41, 5.74) is 3.59. The summed E-state index contributed by atoms with van der Waals surface area (Å²) < 4.78 is 14.6. The van der Waals surface area contributed by atoms with Crippen molar-refractivity contribution >= 4 is 35.0 Å². The summed E-state index contributed by atoms with van der Waals surface area (Å²) in [6.45, 7) is 7.46. The molecule has 7 nitrogen and oxygen atoms in total. The first-order valence-corrected chi connectivity index (χ1v) is 13.1. The maximum atomic E-state index is 14.6. The van der Waals surface area contributed by atoms with E-state index in [-0.39, 0.29) is 30.0 Å². The predicted octanol–water partition coefficient (Wildman–Crippen LogP) is 5.08. The molecule has 0 radical (unpaired) electrons. The summed E-state index contributed by atoms with van der Waals surface area (Å²) in [7, 11) is 3.88. The number of thioether (sulfide) groups is 1. The lowest BCUT2D eigenvalue weighted by Gasteiger charge is -2.33. The van der Waals surface area contributed by atoms with Crippen molar-refractivity contribution in [3.8, 4) is 0 Å². The fourth-order valence-corrected chi connectivity index (χ4v) is 4.82. The highest BCUT2D eigenvalue weighted by Gasteiger charge is 2.33. The summed E-state index contributed by atoms with van der Waals surface area (Å²) in [5, 5.41) is 3.43. The third-order valence-electron chi connectivity index (χ3n) is 5.79. The van der Waals surface area contributed by atoms with Gasteiger partial charge in [-0.2, -0.15) is 0 Å². The van der Waals surface area contributed by atoms with Gasteiger partial charge in [-0.1, -0.05) is 43.8 Å². The number of hydrogen-bond donors (Lipinski definition) is 1. The van der Waals surface area contributed by atoms with Crippen LogP contribution in [0.2, 0.25) is 0 Å². The monoisotopic (exact) mass is 523 g/mol. The van der Waals surface area contributed by atoms with Crippen molar-refractivity contribution in [2.24, 2.45) is 5.92 Å². The van der Waals surface area contributed by atoms with Crippen LogP contribution in [-0.4, -0.2) is 52.6 Å². The molecule has 3 aromatic rings. The molecular formula is C28H34FN5O2S. The first-order chi connectivity index (χ1) is 17.5. The molecule has 1 unspecified atom stereocenters. The number of hydrogen-bond acceptors (Lipinski definition) is 6. The van der Waals surface area contributed by atoms with Gasteiger partial charge in [0.1, 0.15) is 11.9 Å². The van der Waals surface area contributed by atoms with E-state index in [0.717, 1.165) is 17.1 Å². The molecule has 3 rings (SSSR count). The van der Waals surface area contributed by atoms with Gasteiger partial charge in [0.2, 0.25) is 11.8 Å². The molecule has 1 N–H and O–H groups in total. The Morgan fingerprint density at radius 3 is 2.19 bits per heavy atom. The molecular weight excluding hydrogens is 489 g/mol. The number of amides is 2. The zero-order valence-electron chi connectivity index (χ0n) is 22.2. The molecule has 2 amide bonds. The maximum Gasteiger partial charge on any atom is 0.247 e. The molecule has 1 heterocycles. The van der Waals surface area contributed by atoms with Crippen LogP contribution < -0.4 is 10.2 Å². The van der Waals surface area contributed by atoms with E-state index in [1.807, 2.05) is 77.0 Å². The zero-order chi connectivity index (χ0) is 27.1. The van der Waals surface area contributed by atoms with E-state index >= 15 is 0 Å².